The molecule has 0 spiro atoms. The molecule has 0 saturated heterocycles. The number of aromatic hydroxyl groups is 1. The highest BCUT2D eigenvalue weighted by atomic mass is 16.5. The molecule has 0 unspecified atom stereocenters. The molecule has 0 bridgehead atoms. The Morgan fingerprint density at radius 3 is 2.09 bits per heavy atom. The molecule has 0 fully saturated rings. The summed E-state index contributed by atoms with van der Waals surface area (Å²) >= 11 is 0. The first-order valence-corrected chi connectivity index (χ1v) is 11.1. The van der Waals surface area contributed by atoms with E-state index in [-0.39, 0.29) is 17.2 Å². The van der Waals surface area contributed by atoms with Gasteiger partial charge in [-0.25, -0.2) is 4.79 Å². The first kappa shape index (κ1) is 23.6. The molecule has 0 atom stereocenters. The molecule has 0 aliphatic carbocycles. The van der Waals surface area contributed by atoms with E-state index in [1.165, 1.54) is 12.1 Å². The van der Waals surface area contributed by atoms with Gasteiger partial charge in [0.05, 0.1) is 7.11 Å². The number of hydrogen-bond acceptors (Lipinski definition) is 4. The van der Waals surface area contributed by atoms with Crippen molar-refractivity contribution < 1.29 is 24.5 Å². The Kier molecular flexibility index (Phi) is 7.12. The third-order valence-corrected chi connectivity index (χ3v) is 5.71. The van der Waals surface area contributed by atoms with Gasteiger partial charge in [0.15, 0.2) is 0 Å². The fraction of sp³-hybridized carbons (Fsp3) is 0.103. The lowest BCUT2D eigenvalue weighted by atomic mass is 10.0. The van der Waals surface area contributed by atoms with E-state index in [9.17, 15) is 19.8 Å². The summed E-state index contributed by atoms with van der Waals surface area (Å²) in [7, 11) is 1.57. The second-order valence-electron chi connectivity index (χ2n) is 8.11. The van der Waals surface area contributed by atoms with Gasteiger partial charge in [-0.2, -0.15) is 0 Å². The normalized spacial score (nSPS) is 10.5. The minimum Gasteiger partial charge on any atom is -0.507 e. The van der Waals surface area contributed by atoms with Gasteiger partial charge in [0.25, 0.3) is 5.91 Å². The predicted molar refractivity (Wildman–Crippen MR) is 134 cm³/mol. The summed E-state index contributed by atoms with van der Waals surface area (Å²) in [6, 6.07) is 29.0. The number of nitrogens with zero attached hydrogens (tertiary/aromatic N) is 1. The smallest absolute Gasteiger partial charge is 0.339 e. The molecule has 0 radical (unpaired) electrons. The number of aromatic carboxylic acids is 1. The molecule has 0 saturated carbocycles. The van der Waals surface area contributed by atoms with Gasteiger partial charge in [-0.3, -0.25) is 4.79 Å². The molecule has 35 heavy (non-hydrogen) atoms. The van der Waals surface area contributed by atoms with Gasteiger partial charge < -0.3 is 19.8 Å². The molecule has 4 aromatic carbocycles. The van der Waals surface area contributed by atoms with E-state index >= 15 is 0 Å². The average molecular weight is 468 g/mol. The maximum absolute atomic E-state index is 13.4. The molecule has 0 heterocycles. The van der Waals surface area contributed by atoms with Gasteiger partial charge >= 0.3 is 5.97 Å². The van der Waals surface area contributed by atoms with Crippen LogP contribution in [0, 0.1) is 0 Å². The maximum Gasteiger partial charge on any atom is 0.339 e. The van der Waals surface area contributed by atoms with Crippen molar-refractivity contribution in [2.24, 2.45) is 0 Å². The first-order chi connectivity index (χ1) is 16.9. The molecule has 6 heteroatoms. The number of carbonyl (C=O) groups excluding carboxylic acids is 1. The number of carboxylic acid groups (broad SMARTS) is 1. The molecule has 4 rings (SSSR count). The van der Waals surface area contributed by atoms with Gasteiger partial charge in [-0.1, -0.05) is 66.7 Å². The molecule has 176 valence electrons. The summed E-state index contributed by atoms with van der Waals surface area (Å²) < 4.78 is 5.28. The van der Waals surface area contributed by atoms with E-state index in [1.807, 2.05) is 54.6 Å². The van der Waals surface area contributed by atoms with Crippen molar-refractivity contribution in [3.63, 3.8) is 0 Å². The van der Waals surface area contributed by atoms with Crippen molar-refractivity contribution in [1.82, 2.24) is 4.90 Å². The standard InChI is InChI=1S/C29H25NO5/c1-35-25-9-5-8-24(16-25)28(32)30(18-20-6-3-2-4-7-20)19-21-10-12-22(13-11-21)23-14-15-27(31)26(17-23)29(33)34/h2-17,31H,18-19H2,1H3,(H,33,34). The van der Waals surface area contributed by atoms with Crippen molar-refractivity contribution in [1.29, 1.82) is 0 Å². The van der Waals surface area contributed by atoms with Crippen LogP contribution in [0.3, 0.4) is 0 Å². The topological polar surface area (TPSA) is 87.1 Å². The number of phenols is 1. The fourth-order valence-corrected chi connectivity index (χ4v) is 3.85. The number of ether oxygens (including phenoxy) is 1. The van der Waals surface area contributed by atoms with E-state index in [4.69, 9.17) is 4.74 Å². The van der Waals surface area contributed by atoms with Crippen LogP contribution in [0.2, 0.25) is 0 Å². The highest BCUT2D eigenvalue weighted by Gasteiger charge is 2.18. The van der Waals surface area contributed by atoms with E-state index in [1.54, 1.807) is 42.3 Å². The summed E-state index contributed by atoms with van der Waals surface area (Å²) in [6.07, 6.45) is 0. The zero-order chi connectivity index (χ0) is 24.8. The lowest BCUT2D eigenvalue weighted by Gasteiger charge is -2.23. The molecule has 2 N–H and O–H groups in total. The van der Waals surface area contributed by atoms with E-state index in [0.717, 1.165) is 16.7 Å². The number of rotatable bonds is 8. The number of benzene rings is 4. The van der Waals surface area contributed by atoms with Crippen molar-refractivity contribution in [3.8, 4) is 22.6 Å². The van der Waals surface area contributed by atoms with Crippen molar-refractivity contribution in [2.45, 2.75) is 13.1 Å². The number of carboxylic acids is 1. The molecule has 0 aliphatic rings. The first-order valence-electron chi connectivity index (χ1n) is 11.1. The molecule has 0 aromatic heterocycles. The number of hydrogen-bond donors (Lipinski definition) is 2. The van der Waals surface area contributed by atoms with Crippen molar-refractivity contribution >= 4 is 11.9 Å². The Labute approximate surface area is 203 Å². The van der Waals surface area contributed by atoms with Crippen LogP contribution in [-0.4, -0.2) is 34.1 Å². The molecule has 0 aliphatic heterocycles. The van der Waals surface area contributed by atoms with E-state index in [2.05, 4.69) is 0 Å². The van der Waals surface area contributed by atoms with Crippen LogP contribution in [-0.2, 0) is 13.1 Å². The number of amides is 1. The lowest BCUT2D eigenvalue weighted by Crippen LogP contribution is -2.30. The lowest BCUT2D eigenvalue weighted by molar-refractivity contribution is 0.0692. The zero-order valence-electron chi connectivity index (χ0n) is 19.2. The van der Waals surface area contributed by atoms with Gasteiger partial charge in [0.2, 0.25) is 0 Å². The summed E-state index contributed by atoms with van der Waals surface area (Å²) in [5, 5.41) is 19.0. The summed E-state index contributed by atoms with van der Waals surface area (Å²) in [6.45, 7) is 0.833. The largest absolute Gasteiger partial charge is 0.507 e. The second-order valence-corrected chi connectivity index (χ2v) is 8.11. The molecule has 6 nitrogen and oxygen atoms in total. The minimum atomic E-state index is -1.19. The molecular weight excluding hydrogens is 442 g/mol. The highest BCUT2D eigenvalue weighted by molar-refractivity contribution is 5.94. The number of carbonyl (C=O) groups is 2. The second kappa shape index (κ2) is 10.6. The third-order valence-electron chi connectivity index (χ3n) is 5.71. The van der Waals surface area contributed by atoms with Gasteiger partial charge in [0, 0.05) is 18.7 Å². The van der Waals surface area contributed by atoms with Crippen LogP contribution in [0.25, 0.3) is 11.1 Å². The van der Waals surface area contributed by atoms with Crippen molar-refractivity contribution in [2.75, 3.05) is 7.11 Å². The van der Waals surface area contributed by atoms with E-state index in [0.29, 0.717) is 30.0 Å². The summed E-state index contributed by atoms with van der Waals surface area (Å²) in [5.74, 6) is -0.949. The van der Waals surface area contributed by atoms with Crippen LogP contribution >= 0.6 is 0 Å². The highest BCUT2D eigenvalue weighted by Crippen LogP contribution is 2.27. The Morgan fingerprint density at radius 2 is 1.43 bits per heavy atom. The van der Waals surface area contributed by atoms with E-state index < -0.39 is 5.97 Å². The van der Waals surface area contributed by atoms with Gasteiger partial charge in [-0.05, 0) is 52.6 Å². The zero-order valence-corrected chi connectivity index (χ0v) is 19.2. The Balaban J connectivity index is 1.59. The van der Waals surface area contributed by atoms with Gasteiger partial charge in [-0.15, -0.1) is 0 Å². The molecule has 4 aromatic rings. The van der Waals surface area contributed by atoms with Crippen LogP contribution < -0.4 is 4.74 Å². The van der Waals surface area contributed by atoms with Crippen LogP contribution in [0.15, 0.2) is 97.1 Å². The minimum absolute atomic E-state index is 0.110. The van der Waals surface area contributed by atoms with Crippen LogP contribution in [0.4, 0.5) is 0 Å². The monoisotopic (exact) mass is 467 g/mol. The molecular formula is C29H25NO5. The van der Waals surface area contributed by atoms with Crippen LogP contribution in [0.5, 0.6) is 11.5 Å². The average Bonchev–Trinajstić information content (AvgIpc) is 2.89. The summed E-state index contributed by atoms with van der Waals surface area (Å²) in [4.78, 5) is 26.6. The fourth-order valence-electron chi connectivity index (χ4n) is 3.85. The maximum atomic E-state index is 13.4. The van der Waals surface area contributed by atoms with Crippen molar-refractivity contribution in [3.05, 3.63) is 119 Å². The number of methoxy groups -OCH3 is 1. The Hall–Kier alpha value is -4.58. The Morgan fingerprint density at radius 1 is 0.771 bits per heavy atom. The summed E-state index contributed by atoms with van der Waals surface area (Å²) in [5.41, 5.74) is 3.83. The third kappa shape index (κ3) is 5.68. The predicted octanol–water partition coefficient (Wildman–Crippen LogP) is 5.61. The Bertz CT molecular complexity index is 1330. The van der Waals surface area contributed by atoms with Crippen LogP contribution in [0.1, 0.15) is 31.8 Å². The van der Waals surface area contributed by atoms with Gasteiger partial charge in [0.1, 0.15) is 17.1 Å². The molecule has 1 amide bonds. The SMILES string of the molecule is COc1cccc(C(=O)N(Cc2ccccc2)Cc2ccc(-c3ccc(O)c(C(=O)O)c3)cc2)c1. The quantitative estimate of drug-likeness (QED) is 0.352.